The number of nitrogens with two attached hydrogens (primary N) is 2. The summed E-state index contributed by atoms with van der Waals surface area (Å²) in [6.45, 7) is 1.68. The zero-order chi connectivity index (χ0) is 16.8. The Kier molecular flexibility index (Phi) is 5.15. The molecule has 0 spiro atoms. The first-order valence-electron chi connectivity index (χ1n) is 7.07. The van der Waals surface area contributed by atoms with E-state index in [0.717, 1.165) is 22.4 Å². The van der Waals surface area contributed by atoms with Gasteiger partial charge in [0, 0.05) is 5.57 Å². The van der Waals surface area contributed by atoms with Crippen LogP contribution in [-0.4, -0.2) is 19.0 Å². The number of carbonyl (C=O) groups excluding carboxylic acids is 1. The number of benzene rings is 2. The first-order chi connectivity index (χ1) is 11.0. The maximum Gasteiger partial charge on any atom is 0.275 e. The fourth-order valence-electron chi connectivity index (χ4n) is 2.16. The van der Waals surface area contributed by atoms with Crippen LogP contribution in [0.15, 0.2) is 59.1 Å². The zero-order valence-corrected chi connectivity index (χ0v) is 13.1. The van der Waals surface area contributed by atoms with Gasteiger partial charge >= 0.3 is 0 Å². The Bertz CT molecular complexity index is 758. The molecule has 118 valence electrons. The molecular formula is C18H19N3O2. The second kappa shape index (κ2) is 7.26. The molecule has 0 aliphatic heterocycles. The monoisotopic (exact) mass is 309 g/mol. The summed E-state index contributed by atoms with van der Waals surface area (Å²) in [5.74, 6) is 0.0987. The van der Waals surface area contributed by atoms with E-state index in [9.17, 15) is 4.79 Å². The molecule has 0 saturated carbocycles. The van der Waals surface area contributed by atoms with Crippen molar-refractivity contribution in [3.63, 3.8) is 0 Å². The van der Waals surface area contributed by atoms with Gasteiger partial charge in [-0.2, -0.15) is 4.99 Å². The third kappa shape index (κ3) is 4.20. The lowest BCUT2D eigenvalue weighted by Crippen LogP contribution is -2.24. The first-order valence-corrected chi connectivity index (χ1v) is 7.07. The molecule has 0 aromatic heterocycles. The minimum absolute atomic E-state index is 0.244. The molecule has 2 aromatic carbocycles. The fraction of sp³-hybridized carbons (Fsp3) is 0.111. The molecular weight excluding hydrogens is 290 g/mol. The van der Waals surface area contributed by atoms with Crippen LogP contribution in [0.5, 0.6) is 5.75 Å². The summed E-state index contributed by atoms with van der Waals surface area (Å²) in [4.78, 5) is 15.4. The molecule has 0 atom stereocenters. The maximum atomic E-state index is 11.9. The van der Waals surface area contributed by atoms with Crippen molar-refractivity contribution in [3.8, 4) is 16.9 Å². The van der Waals surface area contributed by atoms with E-state index in [-0.39, 0.29) is 5.96 Å². The Morgan fingerprint density at radius 3 is 2.35 bits per heavy atom. The van der Waals surface area contributed by atoms with Gasteiger partial charge in [-0.25, -0.2) is 0 Å². The molecule has 0 aliphatic carbocycles. The summed E-state index contributed by atoms with van der Waals surface area (Å²) in [5.41, 5.74) is 13.9. The molecule has 23 heavy (non-hydrogen) atoms. The SMILES string of the molecule is COc1ccc(-c2ccccc2C=C(C)C(=O)N=C(N)N)cc1. The van der Waals surface area contributed by atoms with Crippen LogP contribution in [0, 0.1) is 0 Å². The molecule has 0 heterocycles. The summed E-state index contributed by atoms with van der Waals surface area (Å²) in [6.07, 6.45) is 1.77. The lowest BCUT2D eigenvalue weighted by molar-refractivity contribution is -0.114. The van der Waals surface area contributed by atoms with Crippen molar-refractivity contribution in [2.24, 2.45) is 16.5 Å². The number of ether oxygens (including phenoxy) is 1. The van der Waals surface area contributed by atoms with Crippen LogP contribution in [0.4, 0.5) is 0 Å². The van der Waals surface area contributed by atoms with Crippen LogP contribution in [0.25, 0.3) is 17.2 Å². The van der Waals surface area contributed by atoms with Crippen molar-refractivity contribution >= 4 is 17.9 Å². The lowest BCUT2D eigenvalue weighted by atomic mass is 9.98. The minimum Gasteiger partial charge on any atom is -0.497 e. The molecule has 0 bridgehead atoms. The van der Waals surface area contributed by atoms with E-state index in [1.807, 2.05) is 48.5 Å². The van der Waals surface area contributed by atoms with Gasteiger partial charge in [-0.3, -0.25) is 4.79 Å². The molecule has 0 saturated heterocycles. The number of hydrogen-bond acceptors (Lipinski definition) is 2. The van der Waals surface area contributed by atoms with Gasteiger partial charge in [-0.05, 0) is 41.8 Å². The van der Waals surface area contributed by atoms with E-state index < -0.39 is 5.91 Å². The average Bonchev–Trinajstić information content (AvgIpc) is 2.55. The van der Waals surface area contributed by atoms with Gasteiger partial charge in [0.2, 0.25) is 0 Å². The lowest BCUT2D eigenvalue weighted by Gasteiger charge is -2.08. The van der Waals surface area contributed by atoms with Gasteiger partial charge in [-0.1, -0.05) is 36.4 Å². The molecule has 5 nitrogen and oxygen atoms in total. The highest BCUT2D eigenvalue weighted by atomic mass is 16.5. The van der Waals surface area contributed by atoms with Crippen molar-refractivity contribution in [1.29, 1.82) is 0 Å². The second-order valence-electron chi connectivity index (χ2n) is 4.98. The van der Waals surface area contributed by atoms with Crippen LogP contribution < -0.4 is 16.2 Å². The number of nitrogens with zero attached hydrogens (tertiary/aromatic N) is 1. The second-order valence-corrected chi connectivity index (χ2v) is 4.98. The molecule has 0 radical (unpaired) electrons. The molecule has 2 rings (SSSR count). The van der Waals surface area contributed by atoms with E-state index in [1.54, 1.807) is 20.1 Å². The van der Waals surface area contributed by atoms with E-state index in [1.165, 1.54) is 0 Å². The van der Waals surface area contributed by atoms with Crippen molar-refractivity contribution in [2.45, 2.75) is 6.92 Å². The highest BCUT2D eigenvalue weighted by Crippen LogP contribution is 2.27. The Balaban J connectivity index is 2.41. The van der Waals surface area contributed by atoms with Gasteiger partial charge in [0.25, 0.3) is 5.91 Å². The summed E-state index contributed by atoms with van der Waals surface area (Å²) in [7, 11) is 1.63. The van der Waals surface area contributed by atoms with Crippen LogP contribution in [0.2, 0.25) is 0 Å². The van der Waals surface area contributed by atoms with Crippen molar-refractivity contribution in [2.75, 3.05) is 7.11 Å². The Hall–Kier alpha value is -3.08. The number of amides is 1. The van der Waals surface area contributed by atoms with Gasteiger partial charge in [-0.15, -0.1) is 0 Å². The summed E-state index contributed by atoms with van der Waals surface area (Å²) >= 11 is 0. The Labute approximate surface area is 135 Å². The molecule has 5 heteroatoms. The van der Waals surface area contributed by atoms with E-state index in [2.05, 4.69) is 4.99 Å². The van der Waals surface area contributed by atoms with Gasteiger partial charge in [0.05, 0.1) is 7.11 Å². The van der Waals surface area contributed by atoms with Gasteiger partial charge in [0.1, 0.15) is 5.75 Å². The van der Waals surface area contributed by atoms with E-state index in [0.29, 0.717) is 5.57 Å². The Morgan fingerprint density at radius 1 is 1.09 bits per heavy atom. The van der Waals surface area contributed by atoms with Crippen LogP contribution in [0.3, 0.4) is 0 Å². The van der Waals surface area contributed by atoms with Crippen LogP contribution in [0.1, 0.15) is 12.5 Å². The molecule has 0 aliphatic rings. The van der Waals surface area contributed by atoms with Crippen molar-refractivity contribution in [3.05, 3.63) is 59.7 Å². The largest absolute Gasteiger partial charge is 0.497 e. The smallest absolute Gasteiger partial charge is 0.275 e. The normalized spacial score (nSPS) is 11.0. The predicted molar refractivity (Wildman–Crippen MR) is 92.9 cm³/mol. The number of rotatable bonds is 4. The van der Waals surface area contributed by atoms with Gasteiger partial charge < -0.3 is 16.2 Å². The standard InChI is InChI=1S/C18H19N3O2/c1-12(17(22)21-18(19)20)11-14-5-3-4-6-16(14)13-7-9-15(23-2)10-8-13/h3-11H,1-2H3,(H4,19,20,21,22). The van der Waals surface area contributed by atoms with Crippen LogP contribution in [-0.2, 0) is 4.79 Å². The highest BCUT2D eigenvalue weighted by Gasteiger charge is 2.07. The third-order valence-corrected chi connectivity index (χ3v) is 3.30. The minimum atomic E-state index is -0.450. The summed E-state index contributed by atoms with van der Waals surface area (Å²) < 4.78 is 5.17. The number of methoxy groups -OCH3 is 1. The topological polar surface area (TPSA) is 90.7 Å². The maximum absolute atomic E-state index is 11.9. The molecule has 0 fully saturated rings. The van der Waals surface area contributed by atoms with E-state index >= 15 is 0 Å². The quantitative estimate of drug-likeness (QED) is 0.516. The number of hydrogen-bond donors (Lipinski definition) is 2. The predicted octanol–water partition coefficient (Wildman–Crippen LogP) is 2.57. The average molecular weight is 309 g/mol. The first kappa shape index (κ1) is 16.3. The number of aliphatic imine (C=N–C) groups is 1. The van der Waals surface area contributed by atoms with Crippen LogP contribution >= 0.6 is 0 Å². The summed E-state index contributed by atoms with van der Waals surface area (Å²) in [5, 5.41) is 0. The number of guanidine groups is 1. The molecule has 4 N–H and O–H groups in total. The van der Waals surface area contributed by atoms with Gasteiger partial charge in [0.15, 0.2) is 5.96 Å². The molecule has 1 amide bonds. The van der Waals surface area contributed by atoms with E-state index in [4.69, 9.17) is 16.2 Å². The van der Waals surface area contributed by atoms with Crippen molar-refractivity contribution in [1.82, 2.24) is 0 Å². The third-order valence-electron chi connectivity index (χ3n) is 3.30. The highest BCUT2D eigenvalue weighted by molar-refractivity contribution is 6.04. The number of carbonyl (C=O) groups is 1. The summed E-state index contributed by atoms with van der Waals surface area (Å²) in [6, 6.07) is 15.5. The molecule has 2 aromatic rings. The van der Waals surface area contributed by atoms with Crippen molar-refractivity contribution < 1.29 is 9.53 Å². The Morgan fingerprint density at radius 2 is 1.74 bits per heavy atom. The fourth-order valence-corrected chi connectivity index (χ4v) is 2.16. The molecule has 0 unspecified atom stereocenters. The zero-order valence-electron chi connectivity index (χ0n) is 13.1.